The first kappa shape index (κ1) is 14.8. The van der Waals surface area contributed by atoms with Crippen molar-refractivity contribution in [1.82, 2.24) is 5.43 Å². The molecular weight excluding hydrogens is 371 g/mol. The molecule has 0 heterocycles. The molecule has 0 saturated carbocycles. The molecule has 100 valence electrons. The lowest BCUT2D eigenvalue weighted by Gasteiger charge is -2.19. The van der Waals surface area contributed by atoms with Gasteiger partial charge in [0.05, 0.1) is 6.04 Å². The quantitative estimate of drug-likeness (QED) is 0.473. The van der Waals surface area contributed by atoms with Crippen LogP contribution >= 0.6 is 34.2 Å². The average molecular weight is 387 g/mol. The topological polar surface area (TPSA) is 38.0 Å². The molecule has 1 atom stereocenters. The van der Waals surface area contributed by atoms with Crippen LogP contribution in [-0.4, -0.2) is 0 Å². The van der Waals surface area contributed by atoms with Gasteiger partial charge in [0.15, 0.2) is 0 Å². The minimum Gasteiger partial charge on any atom is -0.271 e. The van der Waals surface area contributed by atoms with E-state index in [2.05, 4.69) is 59.2 Å². The highest BCUT2D eigenvalue weighted by Gasteiger charge is 2.13. The number of aryl methyl sites for hydroxylation is 1. The number of rotatable bonds is 4. The van der Waals surface area contributed by atoms with E-state index in [0.717, 1.165) is 17.0 Å². The number of benzene rings is 2. The van der Waals surface area contributed by atoms with E-state index in [1.807, 2.05) is 18.2 Å². The smallest absolute Gasteiger partial charge is 0.0502 e. The summed E-state index contributed by atoms with van der Waals surface area (Å²) in [7, 11) is 0. The molecule has 4 heteroatoms. The van der Waals surface area contributed by atoms with E-state index in [9.17, 15) is 0 Å². The van der Waals surface area contributed by atoms with Gasteiger partial charge >= 0.3 is 0 Å². The second kappa shape index (κ2) is 6.70. The fourth-order valence-electron chi connectivity index (χ4n) is 2.14. The molecule has 0 aromatic heterocycles. The summed E-state index contributed by atoms with van der Waals surface area (Å²) in [6.45, 7) is 2.06. The molecule has 2 aromatic carbocycles. The molecular formula is C15H16ClIN2. The van der Waals surface area contributed by atoms with Gasteiger partial charge in [-0.1, -0.05) is 29.8 Å². The minimum absolute atomic E-state index is 0.0947. The Labute approximate surface area is 132 Å². The van der Waals surface area contributed by atoms with Crippen LogP contribution in [0.1, 0.15) is 22.7 Å². The van der Waals surface area contributed by atoms with Gasteiger partial charge < -0.3 is 0 Å². The van der Waals surface area contributed by atoms with Gasteiger partial charge in [-0.25, -0.2) is 0 Å². The van der Waals surface area contributed by atoms with Crippen molar-refractivity contribution in [2.45, 2.75) is 19.4 Å². The SMILES string of the molecule is Cc1cc(Cl)ccc1C(Cc1ccc(I)cc1)NN. The Balaban J connectivity index is 2.22. The molecule has 2 aromatic rings. The van der Waals surface area contributed by atoms with E-state index in [0.29, 0.717) is 0 Å². The molecule has 0 aliphatic carbocycles. The second-order valence-electron chi connectivity index (χ2n) is 4.55. The number of halogens is 2. The predicted molar refractivity (Wildman–Crippen MR) is 89.1 cm³/mol. The van der Waals surface area contributed by atoms with Crippen molar-refractivity contribution in [2.24, 2.45) is 5.84 Å². The molecule has 2 rings (SSSR count). The Kier molecular flexibility index (Phi) is 5.21. The lowest BCUT2D eigenvalue weighted by atomic mass is 9.96. The number of hydrogen-bond donors (Lipinski definition) is 2. The van der Waals surface area contributed by atoms with Crippen LogP contribution in [0.25, 0.3) is 0 Å². The third-order valence-corrected chi connectivity index (χ3v) is 4.12. The van der Waals surface area contributed by atoms with E-state index in [1.165, 1.54) is 14.7 Å². The highest BCUT2D eigenvalue weighted by molar-refractivity contribution is 14.1. The van der Waals surface area contributed by atoms with Crippen LogP contribution in [0.5, 0.6) is 0 Å². The Morgan fingerprint density at radius 2 is 1.89 bits per heavy atom. The monoisotopic (exact) mass is 386 g/mol. The zero-order valence-corrected chi connectivity index (χ0v) is 13.6. The van der Waals surface area contributed by atoms with Crippen molar-refractivity contribution in [3.63, 3.8) is 0 Å². The van der Waals surface area contributed by atoms with E-state index in [1.54, 1.807) is 0 Å². The van der Waals surface area contributed by atoms with Gasteiger partial charge in [-0.15, -0.1) is 0 Å². The van der Waals surface area contributed by atoms with Crippen molar-refractivity contribution < 1.29 is 0 Å². The van der Waals surface area contributed by atoms with Crippen molar-refractivity contribution in [3.05, 3.63) is 67.7 Å². The number of nitrogens with one attached hydrogen (secondary N) is 1. The Bertz CT molecular complexity index is 555. The summed E-state index contributed by atoms with van der Waals surface area (Å²) in [6, 6.07) is 14.5. The van der Waals surface area contributed by atoms with Crippen LogP contribution in [0, 0.1) is 10.5 Å². The van der Waals surface area contributed by atoms with Crippen LogP contribution in [0.2, 0.25) is 5.02 Å². The van der Waals surface area contributed by atoms with E-state index >= 15 is 0 Å². The normalized spacial score (nSPS) is 12.4. The fraction of sp³-hybridized carbons (Fsp3) is 0.200. The summed E-state index contributed by atoms with van der Waals surface area (Å²) in [5, 5.41) is 0.756. The maximum absolute atomic E-state index is 5.99. The van der Waals surface area contributed by atoms with Gasteiger partial charge in [-0.05, 0) is 76.9 Å². The molecule has 0 amide bonds. The molecule has 0 bridgehead atoms. The maximum atomic E-state index is 5.99. The summed E-state index contributed by atoms with van der Waals surface area (Å²) in [6.07, 6.45) is 0.857. The molecule has 0 aliphatic rings. The lowest BCUT2D eigenvalue weighted by Crippen LogP contribution is -2.30. The predicted octanol–water partition coefficient (Wildman–Crippen LogP) is 4.00. The van der Waals surface area contributed by atoms with Crippen molar-refractivity contribution in [1.29, 1.82) is 0 Å². The molecule has 0 aliphatic heterocycles. The standard InChI is InChI=1S/C15H16ClIN2/c1-10-8-12(16)4-7-14(10)15(19-18)9-11-2-5-13(17)6-3-11/h2-8,15,19H,9,18H2,1H3. The van der Waals surface area contributed by atoms with Crippen LogP contribution < -0.4 is 11.3 Å². The highest BCUT2D eigenvalue weighted by Crippen LogP contribution is 2.24. The maximum Gasteiger partial charge on any atom is 0.0502 e. The summed E-state index contributed by atoms with van der Waals surface area (Å²) in [4.78, 5) is 0. The van der Waals surface area contributed by atoms with Gasteiger partial charge in [0.25, 0.3) is 0 Å². The first-order chi connectivity index (χ1) is 9.10. The largest absolute Gasteiger partial charge is 0.271 e. The molecule has 19 heavy (non-hydrogen) atoms. The average Bonchev–Trinajstić information content (AvgIpc) is 2.39. The molecule has 0 radical (unpaired) electrons. The van der Waals surface area contributed by atoms with Gasteiger partial charge in [0.1, 0.15) is 0 Å². The van der Waals surface area contributed by atoms with Crippen LogP contribution in [0.4, 0.5) is 0 Å². The first-order valence-corrected chi connectivity index (χ1v) is 7.52. The van der Waals surface area contributed by atoms with Gasteiger partial charge in [-0.2, -0.15) is 0 Å². The first-order valence-electron chi connectivity index (χ1n) is 6.07. The highest BCUT2D eigenvalue weighted by atomic mass is 127. The van der Waals surface area contributed by atoms with E-state index in [4.69, 9.17) is 17.4 Å². The minimum atomic E-state index is 0.0947. The van der Waals surface area contributed by atoms with Gasteiger partial charge in [0.2, 0.25) is 0 Å². The van der Waals surface area contributed by atoms with Crippen molar-refractivity contribution in [2.75, 3.05) is 0 Å². The summed E-state index contributed by atoms with van der Waals surface area (Å²) >= 11 is 8.29. The Morgan fingerprint density at radius 3 is 2.47 bits per heavy atom. The summed E-state index contributed by atoms with van der Waals surface area (Å²) in [5.74, 6) is 5.71. The lowest BCUT2D eigenvalue weighted by molar-refractivity contribution is 0.549. The van der Waals surface area contributed by atoms with Gasteiger partial charge in [-0.3, -0.25) is 11.3 Å². The second-order valence-corrected chi connectivity index (χ2v) is 6.23. The van der Waals surface area contributed by atoms with Crippen molar-refractivity contribution >= 4 is 34.2 Å². The van der Waals surface area contributed by atoms with Gasteiger partial charge in [0, 0.05) is 8.59 Å². The molecule has 2 nitrogen and oxygen atoms in total. The van der Waals surface area contributed by atoms with Crippen LogP contribution in [0.3, 0.4) is 0 Å². The molecule has 1 unspecified atom stereocenters. The third-order valence-electron chi connectivity index (χ3n) is 3.16. The molecule has 0 saturated heterocycles. The van der Waals surface area contributed by atoms with Crippen molar-refractivity contribution in [3.8, 4) is 0 Å². The molecule has 0 fully saturated rings. The summed E-state index contributed by atoms with van der Waals surface area (Å²) < 4.78 is 1.24. The summed E-state index contributed by atoms with van der Waals surface area (Å²) in [5.41, 5.74) is 6.50. The van der Waals surface area contributed by atoms with E-state index in [-0.39, 0.29) is 6.04 Å². The number of hydrazine groups is 1. The Morgan fingerprint density at radius 1 is 1.21 bits per heavy atom. The Hall–Kier alpha value is -0.620. The third kappa shape index (κ3) is 3.92. The zero-order valence-electron chi connectivity index (χ0n) is 10.7. The van der Waals surface area contributed by atoms with Crippen LogP contribution in [0.15, 0.2) is 42.5 Å². The van der Waals surface area contributed by atoms with E-state index < -0.39 is 0 Å². The van der Waals surface area contributed by atoms with Crippen LogP contribution in [-0.2, 0) is 6.42 Å². The molecule has 0 spiro atoms. The number of nitrogens with two attached hydrogens (primary N) is 1. The zero-order chi connectivity index (χ0) is 13.8. The number of hydrogen-bond acceptors (Lipinski definition) is 2. The fourth-order valence-corrected chi connectivity index (χ4v) is 2.73. The molecule has 3 N–H and O–H groups in total.